The molecular weight excluding hydrogens is 466 g/mol. The van der Waals surface area contributed by atoms with Crippen molar-refractivity contribution in [1.82, 2.24) is 14.9 Å². The second kappa shape index (κ2) is 8.26. The van der Waals surface area contributed by atoms with Gasteiger partial charge in [-0.2, -0.15) is 0 Å². The maximum atomic E-state index is 13.3. The summed E-state index contributed by atoms with van der Waals surface area (Å²) < 4.78 is 13.3. The van der Waals surface area contributed by atoms with E-state index in [1.165, 1.54) is 11.3 Å². The summed E-state index contributed by atoms with van der Waals surface area (Å²) in [5, 5.41) is 9.44. The van der Waals surface area contributed by atoms with Crippen LogP contribution < -0.4 is 10.2 Å². The van der Waals surface area contributed by atoms with Gasteiger partial charge in [0, 0.05) is 42.2 Å². The first-order valence-electron chi connectivity index (χ1n) is 10.2. The Morgan fingerprint density at radius 3 is 2.79 bits per heavy atom. The summed E-state index contributed by atoms with van der Waals surface area (Å²) in [6.45, 7) is 0.954. The molecule has 0 atom stereocenters. The number of ether oxygens (including phenoxy) is 1. The molecule has 4 aromatic rings. The molecule has 33 heavy (non-hydrogen) atoms. The number of methoxy groups -OCH3 is 1. The lowest BCUT2D eigenvalue weighted by Gasteiger charge is -2.27. The molecule has 0 aliphatic carbocycles. The van der Waals surface area contributed by atoms with Crippen LogP contribution in [-0.4, -0.2) is 40.1 Å². The molecule has 0 fully saturated rings. The molecule has 2 N–H and O–H groups in total. The average molecular weight is 486 g/mol. The Balaban J connectivity index is 1.42. The molecule has 170 valence electrons. The third kappa shape index (κ3) is 3.68. The zero-order valence-corrected chi connectivity index (χ0v) is 19.4. The van der Waals surface area contributed by atoms with Crippen molar-refractivity contribution in [2.75, 3.05) is 13.7 Å². The largest absolute Gasteiger partial charge is 0.496 e. The molecule has 5 rings (SSSR count). The minimum Gasteiger partial charge on any atom is -0.496 e. The number of furan rings is 1. The number of rotatable bonds is 4. The highest BCUT2D eigenvalue weighted by molar-refractivity contribution is 7.14. The lowest BCUT2D eigenvalue weighted by atomic mass is 10.1. The van der Waals surface area contributed by atoms with Crippen molar-refractivity contribution in [3.63, 3.8) is 0 Å². The Bertz CT molecular complexity index is 1400. The van der Waals surface area contributed by atoms with Gasteiger partial charge in [0.2, 0.25) is 0 Å². The fraction of sp³-hybridized carbons (Fsp3) is 0.217. The number of halogens is 1. The third-order valence-corrected chi connectivity index (χ3v) is 7.33. The van der Waals surface area contributed by atoms with Crippen molar-refractivity contribution >= 4 is 45.9 Å². The van der Waals surface area contributed by atoms with Gasteiger partial charge in [-0.25, -0.2) is 5.48 Å². The highest BCUT2D eigenvalue weighted by Crippen LogP contribution is 2.37. The third-order valence-electron chi connectivity index (χ3n) is 5.86. The van der Waals surface area contributed by atoms with Crippen LogP contribution in [0.3, 0.4) is 0 Å². The standard InChI is InChI=1S/C23H20ClN3O5S/c1-26-15-9-18(14-4-3-13(24)8-17(14)31-2)32-19(15)10-16(26)23(29)27-6-5-20-12(11-27)7-21(33-20)22(28)25-30/h3-4,7-10,30H,5-6,11H2,1-2H3,(H,25,28). The van der Waals surface area contributed by atoms with Crippen molar-refractivity contribution < 1.29 is 24.0 Å². The van der Waals surface area contributed by atoms with E-state index in [9.17, 15) is 9.59 Å². The number of nitrogens with one attached hydrogen (secondary N) is 1. The first kappa shape index (κ1) is 21.6. The molecule has 8 nitrogen and oxygen atoms in total. The maximum absolute atomic E-state index is 13.3. The van der Waals surface area contributed by atoms with Gasteiger partial charge in [0.25, 0.3) is 11.8 Å². The minimum atomic E-state index is -0.539. The summed E-state index contributed by atoms with van der Waals surface area (Å²) in [6.07, 6.45) is 0.658. The summed E-state index contributed by atoms with van der Waals surface area (Å²) in [7, 11) is 3.41. The van der Waals surface area contributed by atoms with Crippen LogP contribution >= 0.6 is 22.9 Å². The van der Waals surface area contributed by atoms with E-state index in [1.54, 1.807) is 41.8 Å². The quantitative estimate of drug-likeness (QED) is 0.328. The molecular formula is C23H20ClN3O5S. The fourth-order valence-corrected chi connectivity index (χ4v) is 5.37. The number of hydroxylamine groups is 1. The first-order chi connectivity index (χ1) is 15.9. The Morgan fingerprint density at radius 2 is 2.06 bits per heavy atom. The number of aryl methyl sites for hydroxylation is 1. The highest BCUT2D eigenvalue weighted by atomic mass is 35.5. The predicted molar refractivity (Wildman–Crippen MR) is 124 cm³/mol. The van der Waals surface area contributed by atoms with Gasteiger partial charge in [0.15, 0.2) is 5.58 Å². The smallest absolute Gasteiger partial charge is 0.284 e. The van der Waals surface area contributed by atoms with Crippen molar-refractivity contribution in [2.45, 2.75) is 13.0 Å². The summed E-state index contributed by atoms with van der Waals surface area (Å²) >= 11 is 7.40. The van der Waals surface area contributed by atoms with Gasteiger partial charge in [-0.1, -0.05) is 11.6 Å². The fourth-order valence-electron chi connectivity index (χ4n) is 4.15. The van der Waals surface area contributed by atoms with Gasteiger partial charge in [-0.15, -0.1) is 11.3 Å². The van der Waals surface area contributed by atoms with Crippen molar-refractivity contribution in [1.29, 1.82) is 0 Å². The van der Waals surface area contributed by atoms with Crippen molar-refractivity contribution in [3.05, 3.63) is 62.4 Å². The van der Waals surface area contributed by atoms with Crippen LogP contribution in [0.25, 0.3) is 22.4 Å². The Kier molecular flexibility index (Phi) is 5.40. The molecule has 0 spiro atoms. The summed E-state index contributed by atoms with van der Waals surface area (Å²) in [5.74, 6) is 0.577. The van der Waals surface area contributed by atoms with Gasteiger partial charge in [0.1, 0.15) is 17.2 Å². The summed E-state index contributed by atoms with van der Waals surface area (Å²) in [4.78, 5) is 28.3. The van der Waals surface area contributed by atoms with E-state index in [0.29, 0.717) is 52.2 Å². The molecule has 2 amide bonds. The molecule has 4 heterocycles. The summed E-state index contributed by atoms with van der Waals surface area (Å²) in [5.41, 5.74) is 5.27. The average Bonchev–Trinajstić information content (AvgIpc) is 3.51. The van der Waals surface area contributed by atoms with Crippen molar-refractivity contribution in [3.8, 4) is 17.1 Å². The predicted octanol–water partition coefficient (Wildman–Crippen LogP) is 4.48. The number of thiophene rings is 1. The van der Waals surface area contributed by atoms with Crippen molar-refractivity contribution in [2.24, 2.45) is 7.05 Å². The maximum Gasteiger partial charge on any atom is 0.284 e. The normalized spacial score (nSPS) is 13.3. The van der Waals surface area contributed by atoms with E-state index in [2.05, 4.69) is 0 Å². The Morgan fingerprint density at radius 1 is 1.24 bits per heavy atom. The van der Waals surface area contributed by atoms with Crippen LogP contribution in [0, 0.1) is 0 Å². The number of carbonyl (C=O) groups is 2. The highest BCUT2D eigenvalue weighted by Gasteiger charge is 2.28. The molecule has 0 radical (unpaired) electrons. The molecule has 3 aromatic heterocycles. The first-order valence-corrected chi connectivity index (χ1v) is 11.4. The van der Waals surface area contributed by atoms with Gasteiger partial charge in [-0.05, 0) is 36.2 Å². The van der Waals surface area contributed by atoms with Gasteiger partial charge in [0.05, 0.1) is 23.1 Å². The summed E-state index contributed by atoms with van der Waals surface area (Å²) in [6, 6.07) is 10.7. The van der Waals surface area contributed by atoms with Crippen LogP contribution in [0.15, 0.2) is 40.8 Å². The topological polar surface area (TPSA) is 96.9 Å². The van der Waals surface area contributed by atoms with Gasteiger partial charge >= 0.3 is 0 Å². The number of nitrogens with zero attached hydrogens (tertiary/aromatic N) is 2. The monoisotopic (exact) mass is 485 g/mol. The number of carbonyl (C=O) groups excluding carboxylic acids is 2. The molecule has 0 unspecified atom stereocenters. The molecule has 0 saturated carbocycles. The van der Waals surface area contributed by atoms with Crippen LogP contribution in [0.4, 0.5) is 0 Å². The van der Waals surface area contributed by atoms with E-state index in [0.717, 1.165) is 21.5 Å². The lowest BCUT2D eigenvalue weighted by Crippen LogP contribution is -2.36. The molecule has 1 aliphatic rings. The van der Waals surface area contributed by atoms with E-state index < -0.39 is 5.91 Å². The Hall–Kier alpha value is -3.27. The molecule has 10 heteroatoms. The van der Waals surface area contributed by atoms with Crippen LogP contribution in [-0.2, 0) is 20.0 Å². The van der Waals surface area contributed by atoms with Crippen LogP contribution in [0.2, 0.25) is 5.02 Å². The van der Waals surface area contributed by atoms with Gasteiger partial charge in [-0.3, -0.25) is 14.8 Å². The molecule has 0 bridgehead atoms. The molecule has 1 aliphatic heterocycles. The number of benzene rings is 1. The number of aromatic nitrogens is 1. The molecule has 1 aromatic carbocycles. The number of hydrogen-bond donors (Lipinski definition) is 2. The van der Waals surface area contributed by atoms with Crippen LogP contribution in [0.5, 0.6) is 5.75 Å². The van der Waals surface area contributed by atoms with E-state index in [1.807, 2.05) is 23.7 Å². The zero-order valence-electron chi connectivity index (χ0n) is 17.8. The van der Waals surface area contributed by atoms with Crippen LogP contribution in [0.1, 0.15) is 30.6 Å². The Labute approximate surface area is 197 Å². The molecule has 0 saturated heterocycles. The number of fused-ring (bicyclic) bond motifs is 2. The lowest BCUT2D eigenvalue weighted by molar-refractivity contribution is 0.0710. The second-order valence-electron chi connectivity index (χ2n) is 7.77. The van der Waals surface area contributed by atoms with Gasteiger partial charge < -0.3 is 18.6 Å². The van der Waals surface area contributed by atoms with E-state index in [-0.39, 0.29) is 5.91 Å². The SMILES string of the molecule is COc1cc(Cl)ccc1-c1cc2c(cc(C(=O)N3CCc4sc(C(=O)NO)cc4C3)n2C)o1. The number of hydrogen-bond acceptors (Lipinski definition) is 6. The number of amides is 2. The van der Waals surface area contributed by atoms with E-state index >= 15 is 0 Å². The zero-order chi connectivity index (χ0) is 23.3. The van der Waals surface area contributed by atoms with E-state index in [4.69, 9.17) is 26.0 Å². The minimum absolute atomic E-state index is 0.112. The second-order valence-corrected chi connectivity index (χ2v) is 9.34.